The molecule has 1 fully saturated rings. The first-order valence-electron chi connectivity index (χ1n) is 5.77. The van der Waals surface area contributed by atoms with Gasteiger partial charge in [0.25, 0.3) is 0 Å². The SMILES string of the molecule is C=C(NC)[C@@H](C)CC[C@@H]1C(C)C1(C)C. The predicted molar refractivity (Wildman–Crippen MR) is 63.0 cm³/mol. The maximum Gasteiger partial charge on any atom is 0.00597 e. The van der Waals surface area contributed by atoms with Crippen molar-refractivity contribution in [2.75, 3.05) is 7.05 Å². The normalized spacial score (nSPS) is 30.9. The van der Waals surface area contributed by atoms with Gasteiger partial charge >= 0.3 is 0 Å². The second-order valence-corrected chi connectivity index (χ2v) is 5.47. The van der Waals surface area contributed by atoms with Crippen LogP contribution < -0.4 is 5.32 Å². The van der Waals surface area contributed by atoms with Crippen molar-refractivity contribution in [2.45, 2.75) is 40.5 Å². The number of rotatable bonds is 5. The Morgan fingerprint density at radius 2 is 2.00 bits per heavy atom. The van der Waals surface area contributed by atoms with Gasteiger partial charge in [0.1, 0.15) is 0 Å². The highest BCUT2D eigenvalue weighted by Gasteiger charge is 2.53. The summed E-state index contributed by atoms with van der Waals surface area (Å²) in [6.45, 7) is 13.4. The zero-order valence-corrected chi connectivity index (χ0v) is 10.4. The summed E-state index contributed by atoms with van der Waals surface area (Å²) in [5.41, 5.74) is 1.77. The van der Waals surface area contributed by atoms with Gasteiger partial charge in [-0.15, -0.1) is 0 Å². The summed E-state index contributed by atoms with van der Waals surface area (Å²) in [5, 5.41) is 3.15. The molecule has 3 atom stereocenters. The summed E-state index contributed by atoms with van der Waals surface area (Å²) in [5.74, 6) is 2.47. The third-order valence-electron chi connectivity index (χ3n) is 4.45. The van der Waals surface area contributed by atoms with Crippen LogP contribution in [0.5, 0.6) is 0 Å². The van der Waals surface area contributed by atoms with E-state index in [1.54, 1.807) is 0 Å². The molecule has 0 aliphatic heterocycles. The molecular formula is C13H25N. The van der Waals surface area contributed by atoms with Crippen molar-refractivity contribution in [1.29, 1.82) is 0 Å². The first-order valence-corrected chi connectivity index (χ1v) is 5.77. The van der Waals surface area contributed by atoms with Crippen LogP contribution in [0.4, 0.5) is 0 Å². The Kier molecular flexibility index (Phi) is 3.28. The molecule has 0 radical (unpaired) electrons. The van der Waals surface area contributed by atoms with Crippen LogP contribution in [0, 0.1) is 23.2 Å². The molecule has 1 heteroatoms. The number of hydrogen-bond acceptors (Lipinski definition) is 1. The van der Waals surface area contributed by atoms with Gasteiger partial charge < -0.3 is 5.32 Å². The van der Waals surface area contributed by atoms with E-state index in [0.717, 1.165) is 11.8 Å². The highest BCUT2D eigenvalue weighted by Crippen LogP contribution is 2.60. The average Bonchev–Trinajstić information content (AvgIpc) is 2.61. The Bertz CT molecular complexity index is 217. The fourth-order valence-electron chi connectivity index (χ4n) is 2.49. The molecule has 0 heterocycles. The van der Waals surface area contributed by atoms with Crippen LogP contribution in [-0.2, 0) is 0 Å². The standard InChI is InChI=1S/C13H25N/c1-9(11(3)14-6)7-8-12-10(2)13(12,4)5/h9-10,12,14H,3,7-8H2,1-2,4-6H3/t9-,10?,12+/m0/s1. The molecule has 0 amide bonds. The second-order valence-electron chi connectivity index (χ2n) is 5.47. The first kappa shape index (κ1) is 11.6. The molecule has 0 saturated heterocycles. The Morgan fingerprint density at radius 1 is 1.50 bits per heavy atom. The third kappa shape index (κ3) is 2.13. The minimum atomic E-state index is 0.598. The van der Waals surface area contributed by atoms with E-state index in [9.17, 15) is 0 Å². The van der Waals surface area contributed by atoms with Crippen molar-refractivity contribution in [3.8, 4) is 0 Å². The lowest BCUT2D eigenvalue weighted by Gasteiger charge is -2.14. The maximum atomic E-state index is 4.02. The number of nitrogens with one attached hydrogen (secondary N) is 1. The maximum absolute atomic E-state index is 4.02. The smallest absolute Gasteiger partial charge is 0.00597 e. The van der Waals surface area contributed by atoms with Crippen LogP contribution in [-0.4, -0.2) is 7.05 Å². The molecule has 0 bridgehead atoms. The first-order chi connectivity index (χ1) is 6.41. The largest absolute Gasteiger partial charge is 0.392 e. The van der Waals surface area contributed by atoms with Gasteiger partial charge in [-0.05, 0) is 36.0 Å². The zero-order valence-electron chi connectivity index (χ0n) is 10.4. The lowest BCUT2D eigenvalue weighted by molar-refractivity contribution is 0.470. The van der Waals surface area contributed by atoms with Gasteiger partial charge in [-0.2, -0.15) is 0 Å². The van der Waals surface area contributed by atoms with Gasteiger partial charge in [0.2, 0.25) is 0 Å². The minimum absolute atomic E-state index is 0.598. The van der Waals surface area contributed by atoms with E-state index >= 15 is 0 Å². The van der Waals surface area contributed by atoms with Crippen molar-refractivity contribution >= 4 is 0 Å². The van der Waals surface area contributed by atoms with E-state index in [1.807, 2.05) is 7.05 Å². The molecule has 14 heavy (non-hydrogen) atoms. The number of hydrogen-bond donors (Lipinski definition) is 1. The van der Waals surface area contributed by atoms with Crippen LogP contribution in [0.2, 0.25) is 0 Å². The molecule has 1 rings (SSSR count). The zero-order chi connectivity index (χ0) is 10.9. The van der Waals surface area contributed by atoms with Crippen molar-refractivity contribution in [2.24, 2.45) is 23.2 Å². The van der Waals surface area contributed by atoms with Gasteiger partial charge in [-0.3, -0.25) is 0 Å². The van der Waals surface area contributed by atoms with Crippen LogP contribution in [0.25, 0.3) is 0 Å². The molecule has 1 aliphatic carbocycles. The lowest BCUT2D eigenvalue weighted by atomic mass is 9.98. The van der Waals surface area contributed by atoms with Crippen LogP contribution in [0.3, 0.4) is 0 Å². The lowest BCUT2D eigenvalue weighted by Crippen LogP contribution is -2.12. The fraction of sp³-hybridized carbons (Fsp3) is 0.846. The topological polar surface area (TPSA) is 12.0 Å². The quantitative estimate of drug-likeness (QED) is 0.708. The van der Waals surface area contributed by atoms with E-state index in [0.29, 0.717) is 11.3 Å². The van der Waals surface area contributed by atoms with Crippen molar-refractivity contribution < 1.29 is 0 Å². The Hall–Kier alpha value is -0.460. The minimum Gasteiger partial charge on any atom is -0.392 e. The van der Waals surface area contributed by atoms with Crippen molar-refractivity contribution in [3.05, 3.63) is 12.3 Å². The van der Waals surface area contributed by atoms with E-state index in [4.69, 9.17) is 0 Å². The van der Waals surface area contributed by atoms with Crippen molar-refractivity contribution in [1.82, 2.24) is 5.32 Å². The molecule has 1 nitrogen and oxygen atoms in total. The van der Waals surface area contributed by atoms with E-state index < -0.39 is 0 Å². The van der Waals surface area contributed by atoms with Crippen molar-refractivity contribution in [3.63, 3.8) is 0 Å². The van der Waals surface area contributed by atoms with Gasteiger partial charge in [-0.25, -0.2) is 0 Å². The van der Waals surface area contributed by atoms with E-state index in [2.05, 4.69) is 39.6 Å². The Labute approximate surface area is 89.0 Å². The molecule has 1 unspecified atom stereocenters. The van der Waals surface area contributed by atoms with Gasteiger partial charge in [-0.1, -0.05) is 34.3 Å². The molecule has 0 spiro atoms. The predicted octanol–water partition coefficient (Wildman–Crippen LogP) is 3.43. The summed E-state index contributed by atoms with van der Waals surface area (Å²) in [7, 11) is 1.96. The van der Waals surface area contributed by atoms with Gasteiger partial charge in [0.05, 0.1) is 0 Å². The van der Waals surface area contributed by atoms with Gasteiger partial charge in [0.15, 0.2) is 0 Å². The summed E-state index contributed by atoms with van der Waals surface area (Å²) in [4.78, 5) is 0. The average molecular weight is 195 g/mol. The monoisotopic (exact) mass is 195 g/mol. The molecule has 0 aromatic heterocycles. The summed E-state index contributed by atoms with van der Waals surface area (Å²) in [6.07, 6.45) is 2.63. The molecule has 1 N–H and O–H groups in total. The van der Waals surface area contributed by atoms with Crippen LogP contribution in [0.15, 0.2) is 12.3 Å². The third-order valence-corrected chi connectivity index (χ3v) is 4.45. The highest BCUT2D eigenvalue weighted by molar-refractivity contribution is 5.03. The summed E-state index contributed by atoms with van der Waals surface area (Å²) >= 11 is 0. The van der Waals surface area contributed by atoms with Gasteiger partial charge in [0, 0.05) is 12.7 Å². The van der Waals surface area contributed by atoms with E-state index in [1.165, 1.54) is 18.5 Å². The summed E-state index contributed by atoms with van der Waals surface area (Å²) < 4.78 is 0. The molecule has 0 aromatic rings. The highest BCUT2D eigenvalue weighted by atomic mass is 14.8. The summed E-state index contributed by atoms with van der Waals surface area (Å²) in [6, 6.07) is 0. The van der Waals surface area contributed by atoms with E-state index in [-0.39, 0.29) is 0 Å². The Morgan fingerprint density at radius 3 is 2.36 bits per heavy atom. The molecule has 1 saturated carbocycles. The molecule has 1 aliphatic rings. The van der Waals surface area contributed by atoms with Crippen LogP contribution >= 0.6 is 0 Å². The molecular weight excluding hydrogens is 170 g/mol. The fourth-order valence-corrected chi connectivity index (χ4v) is 2.49. The Balaban J connectivity index is 2.26. The molecule has 0 aromatic carbocycles. The number of allylic oxidation sites excluding steroid dienone is 1. The molecule has 82 valence electrons. The second kappa shape index (κ2) is 3.96. The van der Waals surface area contributed by atoms with Crippen LogP contribution in [0.1, 0.15) is 40.5 Å².